The van der Waals surface area contributed by atoms with Gasteiger partial charge in [-0.05, 0) is 36.6 Å². The molecule has 0 radical (unpaired) electrons. The molecule has 2 aromatic rings. The van der Waals surface area contributed by atoms with Crippen LogP contribution < -0.4 is 11.3 Å². The summed E-state index contributed by atoms with van der Waals surface area (Å²) in [7, 11) is 0. The summed E-state index contributed by atoms with van der Waals surface area (Å²) in [5.41, 5.74) is 6.59. The maximum Gasteiger partial charge on any atom is 0.128 e. The molecule has 0 aliphatic carbocycles. The molecule has 1 unspecified atom stereocenters. The summed E-state index contributed by atoms with van der Waals surface area (Å²) in [5.74, 6) is 5.33. The number of aryl methyl sites for hydroxylation is 2. The first-order valence-corrected chi connectivity index (χ1v) is 5.91. The van der Waals surface area contributed by atoms with Crippen LogP contribution in [0.15, 0.2) is 42.5 Å². The average Bonchev–Trinajstić information content (AvgIpc) is 2.37. The molecule has 0 heterocycles. The van der Waals surface area contributed by atoms with Crippen molar-refractivity contribution in [3.8, 4) is 0 Å². The predicted molar refractivity (Wildman–Crippen MR) is 71.5 cm³/mol. The second-order valence-electron chi connectivity index (χ2n) is 4.46. The molecule has 0 saturated heterocycles. The lowest BCUT2D eigenvalue weighted by Crippen LogP contribution is -2.29. The van der Waals surface area contributed by atoms with Crippen LogP contribution in [-0.4, -0.2) is 0 Å². The zero-order chi connectivity index (χ0) is 13.1. The second kappa shape index (κ2) is 5.29. The summed E-state index contributed by atoms with van der Waals surface area (Å²) in [6.07, 6.45) is 0. The van der Waals surface area contributed by atoms with Gasteiger partial charge in [0, 0.05) is 5.56 Å². The second-order valence-corrected chi connectivity index (χ2v) is 4.46. The molecule has 2 rings (SSSR count). The van der Waals surface area contributed by atoms with Gasteiger partial charge in [-0.25, -0.2) is 9.82 Å². The highest BCUT2D eigenvalue weighted by molar-refractivity contribution is 5.37. The largest absolute Gasteiger partial charge is 0.271 e. The van der Waals surface area contributed by atoms with E-state index in [1.165, 1.54) is 17.2 Å². The molecule has 0 spiro atoms. The van der Waals surface area contributed by atoms with E-state index < -0.39 is 0 Å². The molecule has 3 heteroatoms. The summed E-state index contributed by atoms with van der Waals surface area (Å²) in [4.78, 5) is 0. The van der Waals surface area contributed by atoms with Crippen molar-refractivity contribution >= 4 is 0 Å². The van der Waals surface area contributed by atoms with Crippen molar-refractivity contribution in [2.75, 3.05) is 0 Å². The van der Waals surface area contributed by atoms with E-state index >= 15 is 0 Å². The van der Waals surface area contributed by atoms with Gasteiger partial charge in [0.1, 0.15) is 5.82 Å². The highest BCUT2D eigenvalue weighted by atomic mass is 19.1. The first kappa shape index (κ1) is 12.7. The van der Waals surface area contributed by atoms with Gasteiger partial charge in [-0.15, -0.1) is 0 Å². The standard InChI is InChI=1S/C15H17FN2/c1-10-7-8-12(9-11(10)2)15(18-17)13-5-3-4-6-14(13)16/h3-9,15,18H,17H2,1-2H3. The molecule has 2 nitrogen and oxygen atoms in total. The molecular weight excluding hydrogens is 227 g/mol. The molecule has 0 saturated carbocycles. The van der Waals surface area contributed by atoms with Gasteiger partial charge in [0.15, 0.2) is 0 Å². The van der Waals surface area contributed by atoms with Gasteiger partial charge in [0.2, 0.25) is 0 Å². The number of nitrogens with two attached hydrogens (primary N) is 1. The van der Waals surface area contributed by atoms with Gasteiger partial charge in [-0.3, -0.25) is 5.84 Å². The van der Waals surface area contributed by atoms with Crippen molar-refractivity contribution in [1.29, 1.82) is 0 Å². The monoisotopic (exact) mass is 244 g/mol. The topological polar surface area (TPSA) is 38.0 Å². The fraction of sp³-hybridized carbons (Fsp3) is 0.200. The molecular formula is C15H17FN2. The van der Waals surface area contributed by atoms with Crippen molar-refractivity contribution in [3.63, 3.8) is 0 Å². The molecule has 0 fully saturated rings. The Bertz CT molecular complexity index is 552. The number of hydrogen-bond donors (Lipinski definition) is 2. The zero-order valence-electron chi connectivity index (χ0n) is 10.6. The average molecular weight is 244 g/mol. The van der Waals surface area contributed by atoms with Gasteiger partial charge in [-0.2, -0.15) is 0 Å². The number of nitrogens with one attached hydrogen (secondary N) is 1. The third-order valence-corrected chi connectivity index (χ3v) is 3.25. The minimum absolute atomic E-state index is 0.251. The van der Waals surface area contributed by atoms with Crippen LogP contribution in [0.5, 0.6) is 0 Å². The Kier molecular flexibility index (Phi) is 3.75. The maximum atomic E-state index is 13.8. The van der Waals surface area contributed by atoms with Gasteiger partial charge in [0.05, 0.1) is 6.04 Å². The quantitative estimate of drug-likeness (QED) is 0.643. The van der Waals surface area contributed by atoms with E-state index in [0.29, 0.717) is 5.56 Å². The van der Waals surface area contributed by atoms with E-state index in [0.717, 1.165) is 5.56 Å². The summed E-state index contributed by atoms with van der Waals surface area (Å²) >= 11 is 0. The normalized spacial score (nSPS) is 12.4. The molecule has 0 aromatic heterocycles. The van der Waals surface area contributed by atoms with Crippen molar-refractivity contribution in [1.82, 2.24) is 5.43 Å². The predicted octanol–water partition coefficient (Wildman–Crippen LogP) is 3.00. The third-order valence-electron chi connectivity index (χ3n) is 3.25. The van der Waals surface area contributed by atoms with E-state index in [4.69, 9.17) is 5.84 Å². The van der Waals surface area contributed by atoms with Gasteiger partial charge < -0.3 is 0 Å². The van der Waals surface area contributed by atoms with Crippen molar-refractivity contribution < 1.29 is 4.39 Å². The molecule has 0 aliphatic heterocycles. The van der Waals surface area contributed by atoms with Gasteiger partial charge >= 0.3 is 0 Å². The minimum atomic E-state index is -0.328. The Balaban J connectivity index is 2.45. The van der Waals surface area contributed by atoms with Crippen LogP contribution >= 0.6 is 0 Å². The van der Waals surface area contributed by atoms with Crippen LogP contribution in [0.3, 0.4) is 0 Å². The maximum absolute atomic E-state index is 13.8. The molecule has 0 aliphatic rings. The summed E-state index contributed by atoms with van der Waals surface area (Å²) in [6, 6.07) is 12.4. The highest BCUT2D eigenvalue weighted by Crippen LogP contribution is 2.25. The first-order valence-electron chi connectivity index (χ1n) is 5.91. The summed E-state index contributed by atoms with van der Waals surface area (Å²) < 4.78 is 13.8. The van der Waals surface area contributed by atoms with Crippen LogP contribution in [0, 0.1) is 19.7 Å². The number of hydrogen-bond acceptors (Lipinski definition) is 2. The van der Waals surface area contributed by atoms with Crippen LogP contribution in [0.1, 0.15) is 28.3 Å². The number of benzene rings is 2. The lowest BCUT2D eigenvalue weighted by Gasteiger charge is -2.18. The third kappa shape index (κ3) is 2.42. The first-order chi connectivity index (χ1) is 8.63. The van der Waals surface area contributed by atoms with Crippen LogP contribution in [0.25, 0.3) is 0 Å². The molecule has 0 bridgehead atoms. The molecule has 0 amide bonds. The van der Waals surface area contributed by atoms with Gasteiger partial charge in [-0.1, -0.05) is 36.4 Å². The van der Waals surface area contributed by atoms with E-state index in [2.05, 4.69) is 5.43 Å². The molecule has 94 valence electrons. The Morgan fingerprint density at radius 3 is 2.39 bits per heavy atom. The van der Waals surface area contributed by atoms with E-state index in [1.54, 1.807) is 12.1 Å². The fourth-order valence-corrected chi connectivity index (χ4v) is 2.02. The van der Waals surface area contributed by atoms with E-state index in [1.807, 2.05) is 38.1 Å². The Labute approximate surface area is 107 Å². The Hall–Kier alpha value is -1.71. The smallest absolute Gasteiger partial charge is 0.128 e. The summed E-state index contributed by atoms with van der Waals surface area (Å²) in [6.45, 7) is 4.08. The highest BCUT2D eigenvalue weighted by Gasteiger charge is 2.16. The van der Waals surface area contributed by atoms with Crippen molar-refractivity contribution in [2.24, 2.45) is 5.84 Å². The Morgan fingerprint density at radius 1 is 1.06 bits per heavy atom. The number of hydrazine groups is 1. The zero-order valence-corrected chi connectivity index (χ0v) is 10.6. The summed E-state index contributed by atoms with van der Waals surface area (Å²) in [5, 5.41) is 0. The molecule has 1 atom stereocenters. The van der Waals surface area contributed by atoms with E-state index in [9.17, 15) is 4.39 Å². The molecule has 18 heavy (non-hydrogen) atoms. The van der Waals surface area contributed by atoms with Crippen molar-refractivity contribution in [3.05, 3.63) is 70.5 Å². The molecule has 2 aromatic carbocycles. The van der Waals surface area contributed by atoms with Crippen LogP contribution in [0.4, 0.5) is 4.39 Å². The minimum Gasteiger partial charge on any atom is -0.271 e. The van der Waals surface area contributed by atoms with Crippen molar-refractivity contribution in [2.45, 2.75) is 19.9 Å². The van der Waals surface area contributed by atoms with E-state index in [-0.39, 0.29) is 11.9 Å². The SMILES string of the molecule is Cc1ccc(C(NN)c2ccccc2F)cc1C. The fourth-order valence-electron chi connectivity index (χ4n) is 2.02. The molecule has 3 N–H and O–H groups in total. The Morgan fingerprint density at radius 2 is 1.78 bits per heavy atom. The lowest BCUT2D eigenvalue weighted by molar-refractivity contribution is 0.560. The van der Waals surface area contributed by atoms with Crippen LogP contribution in [-0.2, 0) is 0 Å². The number of rotatable bonds is 3. The van der Waals surface area contributed by atoms with Crippen LogP contribution in [0.2, 0.25) is 0 Å². The lowest BCUT2D eigenvalue weighted by atomic mass is 9.96. The number of halogens is 1. The van der Waals surface area contributed by atoms with Gasteiger partial charge in [0.25, 0.3) is 0 Å².